The van der Waals surface area contributed by atoms with Gasteiger partial charge in [0.2, 0.25) is 5.91 Å². The van der Waals surface area contributed by atoms with Crippen LogP contribution in [0.2, 0.25) is 0 Å². The molecule has 1 amide bonds. The summed E-state index contributed by atoms with van der Waals surface area (Å²) in [5, 5.41) is 14.3. The zero-order valence-corrected chi connectivity index (χ0v) is 14.6. The Morgan fingerprint density at radius 1 is 1.16 bits per heavy atom. The van der Waals surface area contributed by atoms with E-state index in [2.05, 4.69) is 10.2 Å². The molecule has 1 aliphatic carbocycles. The Morgan fingerprint density at radius 2 is 1.80 bits per heavy atom. The van der Waals surface area contributed by atoms with Gasteiger partial charge in [0.25, 0.3) is 0 Å². The first kappa shape index (κ1) is 17.0. The van der Waals surface area contributed by atoms with Gasteiger partial charge in [0.15, 0.2) is 0 Å². The van der Waals surface area contributed by atoms with Crippen molar-refractivity contribution < 1.29 is 14.3 Å². The van der Waals surface area contributed by atoms with Crippen LogP contribution in [0.15, 0.2) is 24.3 Å². The van der Waals surface area contributed by atoms with E-state index in [9.17, 15) is 14.3 Å². The minimum atomic E-state index is -1.12. The van der Waals surface area contributed by atoms with Crippen LogP contribution in [0.1, 0.15) is 56.9 Å². The maximum atomic E-state index is 14.2. The van der Waals surface area contributed by atoms with Crippen molar-refractivity contribution in [1.29, 1.82) is 0 Å². The third kappa shape index (κ3) is 3.32. The molecule has 1 unspecified atom stereocenters. The van der Waals surface area contributed by atoms with Crippen LogP contribution in [0.5, 0.6) is 0 Å². The molecule has 2 N–H and O–H groups in total. The summed E-state index contributed by atoms with van der Waals surface area (Å²) in [5.41, 5.74) is -0.711. The molecular weight excluding hydrogens is 319 g/mol. The smallest absolute Gasteiger partial charge is 0.234 e. The number of amides is 1. The minimum Gasteiger partial charge on any atom is -0.385 e. The fraction of sp³-hybridized carbons (Fsp3) is 0.650. The molecular formula is C20H27FN2O2. The van der Waals surface area contributed by atoms with Crippen LogP contribution < -0.4 is 5.32 Å². The van der Waals surface area contributed by atoms with Crippen LogP contribution in [-0.4, -0.2) is 40.6 Å². The van der Waals surface area contributed by atoms with E-state index in [-0.39, 0.29) is 23.8 Å². The number of nitrogens with one attached hydrogen (secondary N) is 1. The van der Waals surface area contributed by atoms with Gasteiger partial charge in [-0.25, -0.2) is 4.39 Å². The molecule has 2 saturated heterocycles. The number of aliphatic hydroxyl groups is 1. The molecule has 25 heavy (non-hydrogen) atoms. The van der Waals surface area contributed by atoms with E-state index in [1.165, 1.54) is 18.9 Å². The SMILES string of the molecule is O=C(CN1[C@@H]2CC[C@H]1CC(O)(c1ccccc1F)C2)NC1CCCC1. The highest BCUT2D eigenvalue weighted by Crippen LogP contribution is 2.46. The van der Waals surface area contributed by atoms with Gasteiger partial charge in [-0.15, -0.1) is 0 Å². The van der Waals surface area contributed by atoms with Gasteiger partial charge in [0.1, 0.15) is 5.82 Å². The Labute approximate surface area is 148 Å². The molecule has 4 rings (SSSR count). The van der Waals surface area contributed by atoms with Crippen molar-refractivity contribution in [2.75, 3.05) is 6.54 Å². The second kappa shape index (κ2) is 6.69. The number of hydrogen-bond acceptors (Lipinski definition) is 3. The number of carbonyl (C=O) groups excluding carboxylic acids is 1. The van der Waals surface area contributed by atoms with Gasteiger partial charge in [0, 0.05) is 23.7 Å². The number of rotatable bonds is 4. The molecule has 0 aromatic heterocycles. The molecule has 4 nitrogen and oxygen atoms in total. The standard InChI is InChI=1S/C20H27FN2O2/c21-18-8-4-3-7-17(18)20(25)11-15-9-10-16(12-20)23(15)13-19(24)22-14-5-1-2-6-14/h3-4,7-8,14-16,25H,1-2,5-6,9-13H2,(H,22,24)/t15-,16+,20?. The molecule has 2 bridgehead atoms. The fourth-order valence-electron chi connectivity index (χ4n) is 5.14. The summed E-state index contributed by atoms with van der Waals surface area (Å²) >= 11 is 0. The van der Waals surface area contributed by atoms with E-state index in [0.717, 1.165) is 25.7 Å². The highest BCUT2D eigenvalue weighted by atomic mass is 19.1. The molecule has 0 spiro atoms. The quantitative estimate of drug-likeness (QED) is 0.881. The molecule has 1 aromatic rings. The van der Waals surface area contributed by atoms with Crippen molar-refractivity contribution in [3.63, 3.8) is 0 Å². The number of benzene rings is 1. The van der Waals surface area contributed by atoms with Crippen LogP contribution >= 0.6 is 0 Å². The Bertz CT molecular complexity index is 630. The number of halogens is 1. The van der Waals surface area contributed by atoms with E-state index in [1.54, 1.807) is 18.2 Å². The number of carbonyl (C=O) groups is 1. The maximum Gasteiger partial charge on any atom is 0.234 e. The Hall–Kier alpha value is -1.46. The molecule has 3 aliphatic rings. The van der Waals surface area contributed by atoms with Crippen LogP contribution in [0.4, 0.5) is 4.39 Å². The van der Waals surface area contributed by atoms with Gasteiger partial charge in [-0.05, 0) is 44.6 Å². The van der Waals surface area contributed by atoms with Crippen molar-refractivity contribution in [1.82, 2.24) is 10.2 Å². The molecule has 3 fully saturated rings. The summed E-state index contributed by atoms with van der Waals surface area (Å²) in [6.07, 6.45) is 7.53. The van der Waals surface area contributed by atoms with Gasteiger partial charge in [0.05, 0.1) is 12.1 Å². The zero-order valence-electron chi connectivity index (χ0n) is 14.6. The highest BCUT2D eigenvalue weighted by Gasteiger charge is 2.49. The number of nitrogens with zero attached hydrogens (tertiary/aromatic N) is 1. The lowest BCUT2D eigenvalue weighted by atomic mass is 9.80. The van der Waals surface area contributed by atoms with Crippen LogP contribution in [0, 0.1) is 5.82 Å². The summed E-state index contributed by atoms with van der Waals surface area (Å²) in [4.78, 5) is 14.6. The van der Waals surface area contributed by atoms with E-state index in [4.69, 9.17) is 0 Å². The first-order valence-electron chi connectivity index (χ1n) is 9.58. The van der Waals surface area contributed by atoms with Gasteiger partial charge in [-0.3, -0.25) is 9.69 Å². The summed E-state index contributed by atoms with van der Waals surface area (Å²) in [6.45, 7) is 0.402. The lowest BCUT2D eigenvalue weighted by molar-refractivity contribution is -0.126. The number of piperidine rings is 1. The zero-order chi connectivity index (χ0) is 17.4. The Balaban J connectivity index is 1.43. The monoisotopic (exact) mass is 346 g/mol. The van der Waals surface area contributed by atoms with Crippen molar-refractivity contribution in [3.8, 4) is 0 Å². The van der Waals surface area contributed by atoms with E-state index in [0.29, 0.717) is 31.0 Å². The lowest BCUT2D eigenvalue weighted by Gasteiger charge is -2.44. The van der Waals surface area contributed by atoms with Gasteiger partial charge < -0.3 is 10.4 Å². The Kier molecular flexibility index (Phi) is 4.54. The van der Waals surface area contributed by atoms with Crippen molar-refractivity contribution in [2.45, 2.75) is 75.1 Å². The molecule has 2 heterocycles. The van der Waals surface area contributed by atoms with Crippen LogP contribution in [0.25, 0.3) is 0 Å². The Morgan fingerprint density at radius 3 is 2.44 bits per heavy atom. The lowest BCUT2D eigenvalue weighted by Crippen LogP contribution is -2.53. The predicted molar refractivity (Wildman–Crippen MR) is 93.4 cm³/mol. The second-order valence-corrected chi connectivity index (χ2v) is 8.03. The molecule has 5 heteroatoms. The molecule has 2 aliphatic heterocycles. The highest BCUT2D eigenvalue weighted by molar-refractivity contribution is 5.78. The van der Waals surface area contributed by atoms with E-state index >= 15 is 0 Å². The minimum absolute atomic E-state index is 0.0973. The first-order valence-corrected chi connectivity index (χ1v) is 9.58. The first-order chi connectivity index (χ1) is 12.0. The van der Waals surface area contributed by atoms with Crippen molar-refractivity contribution >= 4 is 5.91 Å². The third-order valence-electron chi connectivity index (χ3n) is 6.34. The fourth-order valence-corrected chi connectivity index (χ4v) is 5.14. The number of hydrogen-bond donors (Lipinski definition) is 2. The summed E-state index contributed by atoms with van der Waals surface area (Å²) in [7, 11) is 0. The summed E-state index contributed by atoms with van der Waals surface area (Å²) in [6, 6.07) is 7.17. The van der Waals surface area contributed by atoms with Gasteiger partial charge in [-0.2, -0.15) is 0 Å². The average molecular weight is 346 g/mol. The van der Waals surface area contributed by atoms with Gasteiger partial charge >= 0.3 is 0 Å². The number of fused-ring (bicyclic) bond motifs is 2. The van der Waals surface area contributed by atoms with Crippen molar-refractivity contribution in [2.24, 2.45) is 0 Å². The van der Waals surface area contributed by atoms with E-state index in [1.807, 2.05) is 0 Å². The van der Waals surface area contributed by atoms with Crippen LogP contribution in [-0.2, 0) is 10.4 Å². The molecule has 136 valence electrons. The second-order valence-electron chi connectivity index (χ2n) is 8.03. The average Bonchev–Trinajstić information content (AvgIpc) is 3.15. The predicted octanol–water partition coefficient (Wildman–Crippen LogP) is 2.70. The largest absolute Gasteiger partial charge is 0.385 e. The molecule has 1 saturated carbocycles. The van der Waals surface area contributed by atoms with E-state index < -0.39 is 5.60 Å². The summed E-state index contributed by atoms with van der Waals surface area (Å²) < 4.78 is 14.2. The summed E-state index contributed by atoms with van der Waals surface area (Å²) in [5.74, 6) is -0.239. The molecule has 1 aromatic carbocycles. The maximum absolute atomic E-state index is 14.2. The molecule has 0 radical (unpaired) electrons. The molecule has 3 atom stereocenters. The topological polar surface area (TPSA) is 52.6 Å². The van der Waals surface area contributed by atoms with Gasteiger partial charge in [-0.1, -0.05) is 31.0 Å². The van der Waals surface area contributed by atoms with Crippen molar-refractivity contribution in [3.05, 3.63) is 35.6 Å². The normalized spacial score (nSPS) is 32.9. The third-order valence-corrected chi connectivity index (χ3v) is 6.34. The van der Waals surface area contributed by atoms with Crippen LogP contribution in [0.3, 0.4) is 0 Å².